The summed E-state index contributed by atoms with van der Waals surface area (Å²) >= 11 is 0. The van der Waals surface area contributed by atoms with E-state index in [-0.39, 0.29) is 5.91 Å². The largest absolute Gasteiger partial charge is 0.434 e. The summed E-state index contributed by atoms with van der Waals surface area (Å²) in [5.41, 5.74) is 4.96. The number of hydrogen-bond donors (Lipinski definition) is 1. The minimum Gasteiger partial charge on any atom is -0.434 e. The molecule has 0 aliphatic carbocycles. The van der Waals surface area contributed by atoms with E-state index in [9.17, 15) is 9.59 Å². The van der Waals surface area contributed by atoms with Crippen molar-refractivity contribution in [3.05, 3.63) is 113 Å². The maximum absolute atomic E-state index is 13.1. The maximum Gasteiger partial charge on any atom is 0.344 e. The molecule has 0 unspecified atom stereocenters. The van der Waals surface area contributed by atoms with Gasteiger partial charge in [-0.2, -0.15) is 4.98 Å². The highest BCUT2D eigenvalue weighted by atomic mass is 16.4. The molecular formula is C29H19N3O4. The standard InChI is InChI=1S/C29H19N3O4/c1-17-14-21(28-32-26-25(35-28)10-5-13-30-26)11-12-23(17)31-27(33)20-8-4-7-18(15-20)22-16-19-6-2-3-9-24(19)36-29(22)34/h2-16H,1H3,(H,31,33). The Morgan fingerprint density at radius 1 is 0.833 bits per heavy atom. The smallest absolute Gasteiger partial charge is 0.344 e. The van der Waals surface area contributed by atoms with Gasteiger partial charge < -0.3 is 14.2 Å². The number of aromatic nitrogens is 2. The van der Waals surface area contributed by atoms with Crippen molar-refractivity contribution in [2.24, 2.45) is 0 Å². The van der Waals surface area contributed by atoms with Crippen LogP contribution in [0.25, 0.3) is 44.8 Å². The van der Waals surface area contributed by atoms with Gasteiger partial charge in [-0.25, -0.2) is 9.78 Å². The molecule has 6 rings (SSSR count). The van der Waals surface area contributed by atoms with E-state index in [4.69, 9.17) is 8.83 Å². The van der Waals surface area contributed by atoms with Crippen molar-refractivity contribution in [1.82, 2.24) is 9.97 Å². The Kier molecular flexibility index (Phi) is 5.15. The zero-order valence-corrected chi connectivity index (χ0v) is 19.2. The average Bonchev–Trinajstić information content (AvgIpc) is 3.34. The second kappa shape index (κ2) is 8.63. The van der Waals surface area contributed by atoms with Crippen LogP contribution in [0.15, 0.2) is 105 Å². The predicted molar refractivity (Wildman–Crippen MR) is 138 cm³/mol. The van der Waals surface area contributed by atoms with Crippen LogP contribution in [0.3, 0.4) is 0 Å². The maximum atomic E-state index is 13.1. The molecule has 0 saturated carbocycles. The zero-order chi connectivity index (χ0) is 24.6. The number of aryl methyl sites for hydroxylation is 1. The van der Waals surface area contributed by atoms with Crippen molar-refractivity contribution >= 4 is 33.8 Å². The molecule has 7 heteroatoms. The van der Waals surface area contributed by atoms with Crippen LogP contribution in [-0.2, 0) is 0 Å². The van der Waals surface area contributed by atoms with Crippen LogP contribution in [0.1, 0.15) is 15.9 Å². The van der Waals surface area contributed by atoms with Gasteiger partial charge in [0.05, 0.1) is 5.56 Å². The van der Waals surface area contributed by atoms with Gasteiger partial charge in [-0.15, -0.1) is 0 Å². The Morgan fingerprint density at radius 3 is 2.56 bits per heavy atom. The van der Waals surface area contributed by atoms with Gasteiger partial charge in [0, 0.05) is 28.4 Å². The molecule has 3 heterocycles. The van der Waals surface area contributed by atoms with Crippen LogP contribution in [0, 0.1) is 6.92 Å². The summed E-state index contributed by atoms with van der Waals surface area (Å²) in [7, 11) is 0. The van der Waals surface area contributed by atoms with Gasteiger partial charge in [0.15, 0.2) is 11.2 Å². The summed E-state index contributed by atoms with van der Waals surface area (Å²) in [5, 5.41) is 3.76. The molecule has 3 aromatic carbocycles. The second-order valence-corrected chi connectivity index (χ2v) is 8.39. The number of nitrogens with one attached hydrogen (secondary N) is 1. The number of oxazole rings is 1. The van der Waals surface area contributed by atoms with Crippen LogP contribution in [0.4, 0.5) is 5.69 Å². The number of carbonyl (C=O) groups excluding carboxylic acids is 1. The van der Waals surface area contributed by atoms with Crippen molar-refractivity contribution in [2.45, 2.75) is 6.92 Å². The Morgan fingerprint density at radius 2 is 1.69 bits per heavy atom. The van der Waals surface area contributed by atoms with E-state index in [0.717, 1.165) is 16.5 Å². The highest BCUT2D eigenvalue weighted by molar-refractivity contribution is 6.05. The number of pyridine rings is 1. The number of fused-ring (bicyclic) bond motifs is 2. The first-order valence-electron chi connectivity index (χ1n) is 11.3. The van der Waals surface area contributed by atoms with Gasteiger partial charge in [0.2, 0.25) is 5.89 Å². The molecule has 0 fully saturated rings. The van der Waals surface area contributed by atoms with Gasteiger partial charge in [-0.05, 0) is 72.6 Å². The third-order valence-corrected chi connectivity index (χ3v) is 5.96. The third-order valence-electron chi connectivity index (χ3n) is 5.96. The van der Waals surface area contributed by atoms with Crippen molar-refractivity contribution in [3.8, 4) is 22.6 Å². The number of benzene rings is 3. The number of anilines is 1. The SMILES string of the molecule is Cc1cc(-c2nc3ncccc3o2)ccc1NC(=O)c1cccc(-c2cc3ccccc3oc2=O)c1. The van der Waals surface area contributed by atoms with Crippen molar-refractivity contribution in [3.63, 3.8) is 0 Å². The van der Waals surface area contributed by atoms with Crippen molar-refractivity contribution < 1.29 is 13.6 Å². The summed E-state index contributed by atoms with van der Waals surface area (Å²) in [6.45, 7) is 1.90. The van der Waals surface area contributed by atoms with Crippen LogP contribution >= 0.6 is 0 Å². The molecule has 174 valence electrons. The predicted octanol–water partition coefficient (Wildman–Crippen LogP) is 6.22. The third kappa shape index (κ3) is 3.92. The van der Waals surface area contributed by atoms with Gasteiger partial charge in [0.1, 0.15) is 5.58 Å². The van der Waals surface area contributed by atoms with Crippen molar-refractivity contribution in [2.75, 3.05) is 5.32 Å². The summed E-state index contributed by atoms with van der Waals surface area (Å²) in [6.07, 6.45) is 1.67. The lowest BCUT2D eigenvalue weighted by molar-refractivity contribution is 0.102. The molecular weight excluding hydrogens is 454 g/mol. The van der Waals surface area contributed by atoms with Gasteiger partial charge in [-0.1, -0.05) is 30.3 Å². The number of carbonyl (C=O) groups is 1. The highest BCUT2D eigenvalue weighted by Crippen LogP contribution is 2.28. The fourth-order valence-electron chi connectivity index (χ4n) is 4.12. The van der Waals surface area contributed by atoms with Crippen molar-refractivity contribution in [1.29, 1.82) is 0 Å². The summed E-state index contributed by atoms with van der Waals surface area (Å²) in [4.78, 5) is 34.3. The lowest BCUT2D eigenvalue weighted by Crippen LogP contribution is -2.13. The van der Waals surface area contributed by atoms with E-state index in [0.29, 0.717) is 45.1 Å². The number of nitrogens with zero attached hydrogens (tertiary/aromatic N) is 2. The minimum atomic E-state index is -0.452. The lowest BCUT2D eigenvalue weighted by Gasteiger charge is -2.10. The molecule has 0 aliphatic heterocycles. The molecule has 6 aromatic rings. The number of hydrogen-bond acceptors (Lipinski definition) is 6. The number of para-hydroxylation sites is 1. The molecule has 0 radical (unpaired) electrons. The van der Waals surface area contributed by atoms with Crippen LogP contribution < -0.4 is 10.9 Å². The lowest BCUT2D eigenvalue weighted by atomic mass is 10.0. The zero-order valence-electron chi connectivity index (χ0n) is 19.2. The summed E-state index contributed by atoms with van der Waals surface area (Å²) in [5.74, 6) is 0.176. The van der Waals surface area contributed by atoms with E-state index >= 15 is 0 Å². The van der Waals surface area contributed by atoms with Crippen LogP contribution in [0.2, 0.25) is 0 Å². The fourth-order valence-corrected chi connectivity index (χ4v) is 4.12. The van der Waals surface area contributed by atoms with Crippen LogP contribution in [0.5, 0.6) is 0 Å². The Labute approximate surface area is 205 Å². The number of rotatable bonds is 4. The normalized spacial score (nSPS) is 11.1. The molecule has 0 atom stereocenters. The van der Waals surface area contributed by atoms with E-state index in [1.807, 2.05) is 49.4 Å². The second-order valence-electron chi connectivity index (χ2n) is 8.39. The van der Waals surface area contributed by atoms with Gasteiger partial charge in [0.25, 0.3) is 5.91 Å². The van der Waals surface area contributed by atoms with E-state index < -0.39 is 5.63 Å². The number of amides is 1. The molecule has 0 saturated heterocycles. The Hall–Kier alpha value is -5.04. The first kappa shape index (κ1) is 21.5. The minimum absolute atomic E-state index is 0.288. The molecule has 0 bridgehead atoms. The molecule has 7 nitrogen and oxygen atoms in total. The summed E-state index contributed by atoms with van der Waals surface area (Å²) in [6, 6.07) is 25.2. The van der Waals surface area contributed by atoms with Crippen LogP contribution in [-0.4, -0.2) is 15.9 Å². The Bertz CT molecular complexity index is 1800. The summed E-state index contributed by atoms with van der Waals surface area (Å²) < 4.78 is 11.2. The van der Waals surface area contributed by atoms with Gasteiger partial charge >= 0.3 is 5.63 Å². The first-order valence-corrected chi connectivity index (χ1v) is 11.3. The molecule has 1 N–H and O–H groups in total. The Balaban J connectivity index is 1.27. The quantitative estimate of drug-likeness (QED) is 0.305. The van der Waals surface area contributed by atoms with E-state index in [2.05, 4.69) is 15.3 Å². The first-order chi connectivity index (χ1) is 17.5. The van der Waals surface area contributed by atoms with E-state index in [1.165, 1.54) is 0 Å². The molecule has 0 aliphatic rings. The topological polar surface area (TPSA) is 98.2 Å². The average molecular weight is 473 g/mol. The monoisotopic (exact) mass is 473 g/mol. The molecule has 3 aromatic heterocycles. The van der Waals surface area contributed by atoms with Gasteiger partial charge in [-0.3, -0.25) is 4.79 Å². The molecule has 1 amide bonds. The fraction of sp³-hybridized carbons (Fsp3) is 0.0345. The highest BCUT2D eigenvalue weighted by Gasteiger charge is 2.14. The molecule has 36 heavy (non-hydrogen) atoms. The molecule has 0 spiro atoms. The van der Waals surface area contributed by atoms with E-state index in [1.54, 1.807) is 48.7 Å².